The van der Waals surface area contributed by atoms with Crippen LogP contribution in [-0.4, -0.2) is 68.7 Å². The van der Waals surface area contributed by atoms with E-state index in [9.17, 15) is 14.4 Å². The van der Waals surface area contributed by atoms with E-state index in [0.29, 0.717) is 36.3 Å². The van der Waals surface area contributed by atoms with Gasteiger partial charge < -0.3 is 14.7 Å². The third-order valence-corrected chi connectivity index (χ3v) is 4.43. The number of carbonyl (C=O) groups is 3. The zero-order chi connectivity index (χ0) is 24.9. The number of rotatable bonds is 6. The molecule has 0 saturated carbocycles. The molecule has 0 rings (SSSR count). The average Bonchev–Trinajstić information content (AvgIpc) is 2.43. The fraction of sp³-hybridized carbons (Fsp3) is 0.875. The van der Waals surface area contributed by atoms with E-state index in [2.05, 4.69) is 0 Å². The molecule has 0 aliphatic rings. The third-order valence-electron chi connectivity index (χ3n) is 4.43. The fourth-order valence-electron chi connectivity index (χ4n) is 3.97. The van der Waals surface area contributed by atoms with Gasteiger partial charge in [-0.3, -0.25) is 14.4 Å². The van der Waals surface area contributed by atoms with Crippen molar-refractivity contribution < 1.29 is 56.1 Å². The molecule has 0 N–H and O–H groups in total. The van der Waals surface area contributed by atoms with Crippen molar-refractivity contribution >= 4 is 17.7 Å². The topological polar surface area (TPSA) is 60.9 Å². The monoisotopic (exact) mass is 569 g/mol. The molecule has 0 aromatic carbocycles. The second-order valence-corrected chi connectivity index (χ2v) is 9.34. The second kappa shape index (κ2) is 19.3. The summed E-state index contributed by atoms with van der Waals surface area (Å²) >= 11 is 0. The van der Waals surface area contributed by atoms with Gasteiger partial charge in [0.15, 0.2) is 0 Å². The summed E-state index contributed by atoms with van der Waals surface area (Å²) in [4.78, 5) is 38.4. The van der Waals surface area contributed by atoms with E-state index in [1.54, 1.807) is 20.8 Å². The molecule has 0 saturated heterocycles. The zero-order valence-corrected chi connectivity index (χ0v) is 26.2. The van der Waals surface area contributed by atoms with Crippen LogP contribution >= 0.6 is 0 Å². The molecule has 0 aliphatic heterocycles. The first-order valence-electron chi connectivity index (χ1n) is 11.3. The van der Waals surface area contributed by atoms with Gasteiger partial charge >= 0.3 is 0 Å². The summed E-state index contributed by atoms with van der Waals surface area (Å²) in [6, 6.07) is 1.90. The van der Waals surface area contributed by atoms with Gasteiger partial charge in [0.1, 0.15) is 0 Å². The molecule has 0 unspecified atom stereocenters. The van der Waals surface area contributed by atoms with Gasteiger partial charge in [-0.1, -0.05) is 0 Å². The van der Waals surface area contributed by atoms with Gasteiger partial charge in [0.2, 0.25) is 17.7 Å². The predicted octanol–water partition coefficient (Wildman–Crippen LogP) is 4.96. The van der Waals surface area contributed by atoms with Crippen molar-refractivity contribution in [3.63, 3.8) is 0 Å². The van der Waals surface area contributed by atoms with Crippen LogP contribution in [0.25, 0.3) is 0 Å². The van der Waals surface area contributed by atoms with Crippen LogP contribution in [0.5, 0.6) is 0 Å². The molecule has 31 heavy (non-hydrogen) atoms. The third kappa shape index (κ3) is 18.0. The minimum absolute atomic E-state index is 0. The molecule has 0 aliphatic carbocycles. The van der Waals surface area contributed by atoms with Crippen molar-refractivity contribution in [3.8, 4) is 0 Å². The van der Waals surface area contributed by atoms with Crippen LogP contribution in [0, 0.1) is 41.7 Å². The predicted molar refractivity (Wildman–Crippen MR) is 128 cm³/mol. The van der Waals surface area contributed by atoms with Crippen LogP contribution < -0.4 is 0 Å². The van der Waals surface area contributed by atoms with E-state index in [1.165, 1.54) is 0 Å². The summed E-state index contributed by atoms with van der Waals surface area (Å²) in [6.07, 6.45) is 0. The van der Waals surface area contributed by atoms with Crippen LogP contribution in [0.1, 0.15) is 104 Å². The quantitative estimate of drug-likeness (QED) is 0.455. The molecule has 0 heterocycles. The Balaban J connectivity index is -0.000000174. The normalized spacial score (nSPS) is 10.4. The molecular formula is C24H51CeN3O3. The summed E-state index contributed by atoms with van der Waals surface area (Å²) in [7, 11) is 0. The zero-order valence-electron chi connectivity index (χ0n) is 23.0. The Labute approximate surface area is 227 Å². The number of hydrogen-bond acceptors (Lipinski definition) is 3. The molecule has 0 bridgehead atoms. The first-order chi connectivity index (χ1) is 13.4. The largest absolute Gasteiger partial charge is 0.338 e. The van der Waals surface area contributed by atoms with Gasteiger partial charge in [-0.15, -0.1) is 0 Å². The van der Waals surface area contributed by atoms with Crippen molar-refractivity contribution in [2.24, 2.45) is 0 Å². The Hall–Kier alpha value is -0.213. The molecule has 0 fully saturated rings. The maximum atomic E-state index is 11.0. The summed E-state index contributed by atoms with van der Waals surface area (Å²) < 4.78 is 0. The van der Waals surface area contributed by atoms with Gasteiger partial charge in [-0.05, 0) is 83.1 Å². The van der Waals surface area contributed by atoms with Gasteiger partial charge in [-0.2, -0.15) is 0 Å². The van der Waals surface area contributed by atoms with Gasteiger partial charge in [-0.25, -0.2) is 0 Å². The maximum Gasteiger partial charge on any atom is 0.219 e. The smallest absolute Gasteiger partial charge is 0.219 e. The molecule has 0 atom stereocenters. The SMILES string of the molecule is CC(=O)N(C(C)C)C(C)C.CC(=O)N(C(C)C)C(C)C.CC(=O)N(C(C)C)C(C)C.[Ce]. The van der Waals surface area contributed by atoms with Gasteiger partial charge in [0.25, 0.3) is 0 Å². The Kier molecular flexibility index (Phi) is 23.7. The van der Waals surface area contributed by atoms with Gasteiger partial charge in [0, 0.05) is 98.8 Å². The number of carbonyl (C=O) groups excluding carboxylic acids is 3. The van der Waals surface area contributed by atoms with E-state index < -0.39 is 0 Å². The van der Waals surface area contributed by atoms with Crippen molar-refractivity contribution in [2.75, 3.05) is 0 Å². The molecule has 0 radical (unpaired) electrons. The van der Waals surface area contributed by atoms with Crippen LogP contribution in [0.15, 0.2) is 0 Å². The molecule has 6 nitrogen and oxygen atoms in total. The molecule has 3 amide bonds. The first-order valence-corrected chi connectivity index (χ1v) is 11.3. The van der Waals surface area contributed by atoms with Crippen molar-refractivity contribution in [1.82, 2.24) is 14.7 Å². The Bertz CT molecular complexity index is 409. The summed E-state index contributed by atoms with van der Waals surface area (Å²) in [5.74, 6) is 0.472. The van der Waals surface area contributed by atoms with Crippen LogP contribution in [0.3, 0.4) is 0 Å². The second-order valence-electron chi connectivity index (χ2n) is 9.34. The van der Waals surface area contributed by atoms with Crippen molar-refractivity contribution in [3.05, 3.63) is 0 Å². The van der Waals surface area contributed by atoms with Crippen LogP contribution in [-0.2, 0) is 14.4 Å². The van der Waals surface area contributed by atoms with Crippen LogP contribution in [0.2, 0.25) is 0 Å². The van der Waals surface area contributed by atoms with E-state index in [4.69, 9.17) is 0 Å². The van der Waals surface area contributed by atoms with Crippen molar-refractivity contribution in [2.45, 2.75) is 140 Å². The summed E-state index contributed by atoms with van der Waals surface area (Å²) in [5.41, 5.74) is 0. The molecule has 7 heteroatoms. The minimum Gasteiger partial charge on any atom is -0.338 e. The Morgan fingerprint density at radius 3 is 0.484 bits per heavy atom. The average molecular weight is 570 g/mol. The molecule has 184 valence electrons. The van der Waals surface area contributed by atoms with E-state index >= 15 is 0 Å². The minimum atomic E-state index is 0. The van der Waals surface area contributed by atoms with Crippen LogP contribution in [0.4, 0.5) is 0 Å². The Morgan fingerprint density at radius 2 is 0.484 bits per heavy atom. The summed E-state index contributed by atoms with van der Waals surface area (Å²) in [6.45, 7) is 29.2. The number of nitrogens with zero attached hydrogens (tertiary/aromatic N) is 3. The number of amides is 3. The summed E-state index contributed by atoms with van der Waals surface area (Å²) in [5, 5.41) is 0. The van der Waals surface area contributed by atoms with E-state index in [-0.39, 0.29) is 59.5 Å². The number of hydrogen-bond donors (Lipinski definition) is 0. The first kappa shape index (κ1) is 38.1. The molecule has 0 aromatic heterocycles. The van der Waals surface area contributed by atoms with Gasteiger partial charge in [0.05, 0.1) is 0 Å². The van der Waals surface area contributed by atoms with E-state index in [0.717, 1.165) is 0 Å². The van der Waals surface area contributed by atoms with Crippen molar-refractivity contribution in [1.29, 1.82) is 0 Å². The van der Waals surface area contributed by atoms with E-state index in [1.807, 2.05) is 97.8 Å². The molecule has 0 aromatic rings. The Morgan fingerprint density at radius 1 is 0.387 bits per heavy atom. The molecular weight excluding hydrogens is 518 g/mol. The maximum absolute atomic E-state index is 11.0. The fourth-order valence-corrected chi connectivity index (χ4v) is 3.97. The standard InChI is InChI=1S/3C8H17NO.Ce/c3*1-6(2)9(7(3)4)8(5)10;/h3*6-7H,1-5H3;. The molecule has 0 spiro atoms.